The molecule has 0 fully saturated rings. The van der Waals surface area contributed by atoms with Crippen molar-refractivity contribution in [2.75, 3.05) is 0 Å². The molecule has 1 rings (SSSR count). The van der Waals surface area contributed by atoms with Crippen molar-refractivity contribution in [3.05, 3.63) is 18.7 Å². The van der Waals surface area contributed by atoms with E-state index in [0.717, 1.165) is 0 Å². The average molecular weight is 265 g/mol. The van der Waals surface area contributed by atoms with Gasteiger partial charge in [-0.15, -0.1) is 0 Å². The Morgan fingerprint density at radius 3 is 2.00 bits per heavy atom. The van der Waals surface area contributed by atoms with Gasteiger partial charge >= 0.3 is 0 Å². The van der Waals surface area contributed by atoms with Crippen molar-refractivity contribution < 1.29 is 14.2 Å². The molecule has 1 aromatic rings. The third-order valence-corrected chi connectivity index (χ3v) is 3.07. The summed E-state index contributed by atoms with van der Waals surface area (Å²) in [5.74, 6) is 0.356. The summed E-state index contributed by atoms with van der Waals surface area (Å²) in [6.45, 7) is 12.2. The number of rotatable bonds is 4. The first-order valence-corrected chi connectivity index (χ1v) is 6.61. The Hall–Kier alpha value is -1.45. The molecule has 4 nitrogen and oxygen atoms in total. The molecule has 0 atom stereocenters. The highest BCUT2D eigenvalue weighted by Crippen LogP contribution is 2.16. The summed E-state index contributed by atoms with van der Waals surface area (Å²) in [6.07, 6.45) is 5.48. The zero-order chi connectivity index (χ0) is 14.8. The number of aromatic nitrogens is 2. The number of hydrogen-bond acceptors (Lipinski definition) is 2. The normalized spacial score (nSPS) is 12.5. The topological polar surface area (TPSA) is 43.0 Å². The molecule has 0 radical (unpaired) electrons. The summed E-state index contributed by atoms with van der Waals surface area (Å²) in [5.41, 5.74) is -0.674. The minimum absolute atomic E-state index is 0.178. The molecular formula is C15H25N2O2+. The van der Waals surface area contributed by atoms with E-state index in [0.29, 0.717) is 13.1 Å². The second kappa shape index (κ2) is 5.27. The molecule has 0 aromatic carbocycles. The van der Waals surface area contributed by atoms with Crippen LogP contribution in [0.3, 0.4) is 0 Å². The summed E-state index contributed by atoms with van der Waals surface area (Å²) < 4.78 is 3.65. The van der Waals surface area contributed by atoms with Gasteiger partial charge in [0.2, 0.25) is 6.33 Å². The number of imidazole rings is 1. The number of carbonyl (C=O) groups is 2. The first-order valence-electron chi connectivity index (χ1n) is 6.61. The molecule has 0 saturated carbocycles. The van der Waals surface area contributed by atoms with Crippen LogP contribution in [0.1, 0.15) is 41.5 Å². The standard InChI is InChI=1S/C15H25N2O2/c1-14(2,3)12(18)9-16-7-8-17(11-16)10-13(19)15(4,5)6/h7-8,11H,9-10H2,1-6H3/q+1. The summed E-state index contributed by atoms with van der Waals surface area (Å²) in [5, 5.41) is 0. The maximum Gasteiger partial charge on any atom is 0.244 e. The van der Waals surface area contributed by atoms with Crippen LogP contribution >= 0.6 is 0 Å². The highest BCUT2D eigenvalue weighted by Gasteiger charge is 2.25. The fraction of sp³-hybridized carbons (Fsp3) is 0.667. The molecule has 0 spiro atoms. The Balaban J connectivity index is 2.69. The van der Waals surface area contributed by atoms with Crippen molar-refractivity contribution in [3.8, 4) is 0 Å². The van der Waals surface area contributed by atoms with Crippen LogP contribution in [0.4, 0.5) is 0 Å². The van der Waals surface area contributed by atoms with Gasteiger partial charge in [0.25, 0.3) is 0 Å². The van der Waals surface area contributed by atoms with E-state index in [-0.39, 0.29) is 22.4 Å². The maximum absolute atomic E-state index is 11.9. The lowest BCUT2D eigenvalue weighted by molar-refractivity contribution is -0.684. The van der Waals surface area contributed by atoms with Crippen LogP contribution in [-0.4, -0.2) is 16.1 Å². The number of carbonyl (C=O) groups excluding carboxylic acids is 2. The number of ketones is 2. The molecule has 19 heavy (non-hydrogen) atoms. The fourth-order valence-corrected chi connectivity index (χ4v) is 1.43. The summed E-state index contributed by atoms with van der Waals surface area (Å²) in [6, 6.07) is 0. The van der Waals surface area contributed by atoms with Gasteiger partial charge in [0.15, 0.2) is 11.6 Å². The Kier molecular flexibility index (Phi) is 4.33. The van der Waals surface area contributed by atoms with E-state index in [2.05, 4.69) is 0 Å². The lowest BCUT2D eigenvalue weighted by atomic mass is 9.91. The Morgan fingerprint density at radius 1 is 1.00 bits per heavy atom. The predicted molar refractivity (Wildman–Crippen MR) is 73.6 cm³/mol. The molecule has 0 aliphatic carbocycles. The highest BCUT2D eigenvalue weighted by atomic mass is 16.1. The van der Waals surface area contributed by atoms with Crippen molar-refractivity contribution in [2.45, 2.75) is 54.6 Å². The van der Waals surface area contributed by atoms with Crippen molar-refractivity contribution in [2.24, 2.45) is 10.8 Å². The number of Topliss-reactive ketones (excluding diaryl/α,β-unsaturated/α-hetero) is 2. The van der Waals surface area contributed by atoms with Crippen LogP contribution < -0.4 is 4.57 Å². The van der Waals surface area contributed by atoms with Gasteiger partial charge in [0.05, 0.1) is 0 Å². The van der Waals surface area contributed by atoms with Gasteiger partial charge in [-0.25, -0.2) is 9.13 Å². The van der Waals surface area contributed by atoms with Gasteiger partial charge in [0.1, 0.15) is 25.5 Å². The van der Waals surface area contributed by atoms with E-state index in [1.165, 1.54) is 0 Å². The van der Waals surface area contributed by atoms with E-state index in [1.807, 2.05) is 69.4 Å². The zero-order valence-electron chi connectivity index (χ0n) is 12.9. The van der Waals surface area contributed by atoms with E-state index in [4.69, 9.17) is 0 Å². The monoisotopic (exact) mass is 265 g/mol. The minimum atomic E-state index is -0.337. The van der Waals surface area contributed by atoms with Gasteiger partial charge in [-0.3, -0.25) is 9.59 Å². The second-order valence-corrected chi connectivity index (χ2v) is 7.10. The molecule has 1 heterocycles. The minimum Gasteiger partial charge on any atom is -0.295 e. The van der Waals surface area contributed by atoms with Crippen LogP contribution in [-0.2, 0) is 22.7 Å². The van der Waals surface area contributed by atoms with Crippen LogP contribution in [0.2, 0.25) is 0 Å². The molecule has 0 aliphatic rings. The Morgan fingerprint density at radius 2 is 1.53 bits per heavy atom. The highest BCUT2D eigenvalue weighted by molar-refractivity contribution is 5.83. The molecular weight excluding hydrogens is 240 g/mol. The lowest BCUT2D eigenvalue weighted by Crippen LogP contribution is -2.40. The Bertz CT molecular complexity index is 431. The predicted octanol–water partition coefficient (Wildman–Crippen LogP) is 2.01. The summed E-state index contributed by atoms with van der Waals surface area (Å²) >= 11 is 0. The molecule has 0 bridgehead atoms. The number of nitrogens with zero attached hydrogens (tertiary/aromatic N) is 2. The fourth-order valence-electron chi connectivity index (χ4n) is 1.43. The molecule has 0 amide bonds. The van der Waals surface area contributed by atoms with E-state index in [1.54, 1.807) is 0 Å². The van der Waals surface area contributed by atoms with Crippen LogP contribution in [0, 0.1) is 10.8 Å². The summed E-state index contributed by atoms with van der Waals surface area (Å²) in [7, 11) is 0. The van der Waals surface area contributed by atoms with E-state index in [9.17, 15) is 9.59 Å². The van der Waals surface area contributed by atoms with Crippen molar-refractivity contribution in [3.63, 3.8) is 0 Å². The molecule has 0 N–H and O–H groups in total. The molecule has 0 unspecified atom stereocenters. The van der Waals surface area contributed by atoms with Gasteiger partial charge in [-0.2, -0.15) is 0 Å². The van der Waals surface area contributed by atoms with Gasteiger partial charge < -0.3 is 0 Å². The average Bonchev–Trinajstić information content (AvgIpc) is 2.62. The largest absolute Gasteiger partial charge is 0.295 e. The second-order valence-electron chi connectivity index (χ2n) is 7.10. The SMILES string of the molecule is CC(C)(C)C(=O)Cn1cc[n+](CC(=O)C(C)(C)C)c1. The smallest absolute Gasteiger partial charge is 0.244 e. The lowest BCUT2D eigenvalue weighted by Gasteiger charge is -2.15. The van der Waals surface area contributed by atoms with Crippen molar-refractivity contribution >= 4 is 11.6 Å². The van der Waals surface area contributed by atoms with Crippen molar-refractivity contribution in [1.82, 2.24) is 4.57 Å². The zero-order valence-corrected chi connectivity index (χ0v) is 12.9. The van der Waals surface area contributed by atoms with Crippen LogP contribution in [0.5, 0.6) is 0 Å². The van der Waals surface area contributed by atoms with Crippen LogP contribution in [0.25, 0.3) is 0 Å². The first-order chi connectivity index (χ1) is 8.50. The van der Waals surface area contributed by atoms with Crippen molar-refractivity contribution in [1.29, 1.82) is 0 Å². The van der Waals surface area contributed by atoms with E-state index < -0.39 is 0 Å². The third kappa shape index (κ3) is 4.62. The molecule has 0 aliphatic heterocycles. The van der Waals surface area contributed by atoms with Gasteiger partial charge in [-0.1, -0.05) is 41.5 Å². The quantitative estimate of drug-likeness (QED) is 0.782. The van der Waals surface area contributed by atoms with Gasteiger partial charge in [-0.05, 0) is 0 Å². The molecule has 4 heteroatoms. The van der Waals surface area contributed by atoms with E-state index >= 15 is 0 Å². The Labute approximate surface area is 115 Å². The molecule has 1 aromatic heterocycles. The molecule has 106 valence electrons. The first kappa shape index (κ1) is 15.6. The summed E-state index contributed by atoms with van der Waals surface area (Å²) in [4.78, 5) is 23.9. The molecule has 0 saturated heterocycles. The van der Waals surface area contributed by atoms with Gasteiger partial charge in [0, 0.05) is 10.8 Å². The third-order valence-electron chi connectivity index (χ3n) is 3.07. The maximum atomic E-state index is 11.9. The van der Waals surface area contributed by atoms with Crippen LogP contribution in [0.15, 0.2) is 18.7 Å². The number of hydrogen-bond donors (Lipinski definition) is 0.